The Morgan fingerprint density at radius 2 is 2.30 bits per heavy atom. The highest BCUT2D eigenvalue weighted by Gasteiger charge is 2.40. The molecule has 20 heavy (non-hydrogen) atoms. The van der Waals surface area contributed by atoms with Crippen molar-refractivity contribution < 1.29 is 9.21 Å². The molecule has 1 aromatic heterocycles. The molecule has 4 unspecified atom stereocenters. The van der Waals surface area contributed by atoms with E-state index >= 15 is 0 Å². The minimum atomic E-state index is 0.0106. The molecule has 0 spiro atoms. The third-order valence-electron chi connectivity index (χ3n) is 4.64. The first-order valence-electron chi connectivity index (χ1n) is 7.35. The predicted molar refractivity (Wildman–Crippen MR) is 71.7 cm³/mol. The third-order valence-corrected chi connectivity index (χ3v) is 4.64. The topological polar surface area (TPSA) is 80.0 Å². The summed E-state index contributed by atoms with van der Waals surface area (Å²) in [4.78, 5) is 12.2. The van der Waals surface area contributed by atoms with Gasteiger partial charge in [-0.15, -0.1) is 5.10 Å². The average Bonchev–Trinajstić information content (AvgIpc) is 3.22. The maximum absolute atomic E-state index is 12.2. The fourth-order valence-electron chi connectivity index (χ4n) is 3.60. The minimum Gasteiger partial charge on any atom is -0.406 e. The second kappa shape index (κ2) is 4.70. The van der Waals surface area contributed by atoms with Gasteiger partial charge in [0.25, 0.3) is 0 Å². The van der Waals surface area contributed by atoms with Crippen molar-refractivity contribution in [3.8, 4) is 0 Å². The lowest BCUT2D eigenvalue weighted by Gasteiger charge is -2.15. The van der Waals surface area contributed by atoms with Crippen molar-refractivity contribution in [3.05, 3.63) is 18.0 Å². The highest BCUT2D eigenvalue weighted by Crippen LogP contribution is 2.43. The molecular weight excluding hydrogens is 256 g/mol. The molecule has 106 valence electrons. The molecule has 2 heterocycles. The second-order valence-corrected chi connectivity index (χ2v) is 5.97. The van der Waals surface area contributed by atoms with E-state index in [1.165, 1.54) is 0 Å². The Bertz CT molecular complexity index is 547. The Labute approximate surface area is 117 Å². The first kappa shape index (κ1) is 12.1. The molecule has 4 rings (SSSR count). The van der Waals surface area contributed by atoms with E-state index in [-0.39, 0.29) is 23.9 Å². The van der Waals surface area contributed by atoms with Crippen molar-refractivity contribution in [1.29, 1.82) is 0 Å². The van der Waals surface area contributed by atoms with E-state index in [1.807, 2.05) is 0 Å². The summed E-state index contributed by atoms with van der Waals surface area (Å²) in [5, 5.41) is 14.0. The van der Waals surface area contributed by atoms with Crippen molar-refractivity contribution in [1.82, 2.24) is 15.5 Å². The van der Waals surface area contributed by atoms with Crippen LogP contribution >= 0.6 is 0 Å². The van der Waals surface area contributed by atoms with Gasteiger partial charge in [0, 0.05) is 5.92 Å². The predicted octanol–water partition coefficient (Wildman–Crippen LogP) is 1.64. The molecule has 1 aliphatic heterocycles. The van der Waals surface area contributed by atoms with Crippen molar-refractivity contribution in [2.75, 3.05) is 11.9 Å². The summed E-state index contributed by atoms with van der Waals surface area (Å²) < 4.78 is 5.54. The van der Waals surface area contributed by atoms with E-state index < -0.39 is 0 Å². The molecule has 1 amide bonds. The van der Waals surface area contributed by atoms with Crippen LogP contribution in [-0.4, -0.2) is 22.6 Å². The summed E-state index contributed by atoms with van der Waals surface area (Å²) in [6, 6.07) is 0.365. The molecule has 2 bridgehead atoms. The zero-order chi connectivity index (χ0) is 13.5. The van der Waals surface area contributed by atoms with Crippen LogP contribution < -0.4 is 10.6 Å². The molecule has 2 fully saturated rings. The van der Waals surface area contributed by atoms with Crippen LogP contribution in [0, 0.1) is 17.8 Å². The Balaban J connectivity index is 1.41. The highest BCUT2D eigenvalue weighted by molar-refractivity contribution is 5.91. The normalized spacial score (nSPS) is 34.8. The van der Waals surface area contributed by atoms with Gasteiger partial charge in [-0.2, -0.15) is 0 Å². The summed E-state index contributed by atoms with van der Waals surface area (Å²) in [5.74, 6) is 1.61. The number of amides is 1. The number of anilines is 1. The van der Waals surface area contributed by atoms with Crippen LogP contribution in [0.4, 0.5) is 6.01 Å². The van der Waals surface area contributed by atoms with E-state index in [1.54, 1.807) is 0 Å². The molecule has 1 saturated heterocycles. The molecule has 1 aromatic rings. The summed E-state index contributed by atoms with van der Waals surface area (Å²) in [7, 11) is 0. The third kappa shape index (κ3) is 2.04. The van der Waals surface area contributed by atoms with Crippen LogP contribution in [0.15, 0.2) is 16.6 Å². The SMILES string of the molecule is O=C(Nc1nnc(C2CCCN2)o1)C1CC2C=CC1C2. The van der Waals surface area contributed by atoms with Crippen LogP contribution in [-0.2, 0) is 4.79 Å². The number of nitrogens with one attached hydrogen (secondary N) is 2. The van der Waals surface area contributed by atoms with E-state index in [9.17, 15) is 4.79 Å². The number of hydrogen-bond acceptors (Lipinski definition) is 5. The number of carbonyl (C=O) groups is 1. The van der Waals surface area contributed by atoms with Gasteiger partial charge < -0.3 is 9.73 Å². The van der Waals surface area contributed by atoms with Crippen LogP contribution in [0.1, 0.15) is 37.6 Å². The fourth-order valence-corrected chi connectivity index (χ4v) is 3.60. The molecule has 3 aliphatic rings. The van der Waals surface area contributed by atoms with Gasteiger partial charge in [-0.25, -0.2) is 0 Å². The van der Waals surface area contributed by atoms with E-state index in [2.05, 4.69) is 33.0 Å². The van der Waals surface area contributed by atoms with Gasteiger partial charge in [0.15, 0.2) is 0 Å². The van der Waals surface area contributed by atoms with Gasteiger partial charge in [0.05, 0.1) is 6.04 Å². The number of hydrogen-bond donors (Lipinski definition) is 2. The molecule has 6 nitrogen and oxygen atoms in total. The Morgan fingerprint density at radius 3 is 3.00 bits per heavy atom. The van der Waals surface area contributed by atoms with Crippen LogP contribution in [0.25, 0.3) is 0 Å². The zero-order valence-corrected chi connectivity index (χ0v) is 11.2. The van der Waals surface area contributed by atoms with Crippen molar-refractivity contribution in [3.63, 3.8) is 0 Å². The standard InChI is InChI=1S/C14H18N4O2/c19-12(10-7-8-3-4-9(10)6-8)16-14-18-17-13(20-14)11-2-1-5-15-11/h3-4,8-11,15H,1-2,5-7H2,(H,16,18,19). The van der Waals surface area contributed by atoms with E-state index in [0.717, 1.165) is 32.2 Å². The molecule has 0 radical (unpaired) electrons. The largest absolute Gasteiger partial charge is 0.406 e. The minimum absolute atomic E-state index is 0.0106. The number of nitrogens with zero attached hydrogens (tertiary/aromatic N) is 2. The molecule has 4 atom stereocenters. The lowest BCUT2D eigenvalue weighted by Crippen LogP contribution is -2.26. The number of allylic oxidation sites excluding steroid dienone is 2. The molecule has 6 heteroatoms. The van der Waals surface area contributed by atoms with Crippen LogP contribution in [0.2, 0.25) is 0 Å². The maximum Gasteiger partial charge on any atom is 0.322 e. The Morgan fingerprint density at radius 1 is 1.35 bits per heavy atom. The van der Waals surface area contributed by atoms with E-state index in [4.69, 9.17) is 4.42 Å². The molecule has 2 N–H and O–H groups in total. The number of rotatable bonds is 3. The van der Waals surface area contributed by atoms with Crippen molar-refractivity contribution >= 4 is 11.9 Å². The second-order valence-electron chi connectivity index (χ2n) is 5.97. The van der Waals surface area contributed by atoms with Gasteiger partial charge in [-0.1, -0.05) is 17.3 Å². The molecule has 0 aromatic carbocycles. The maximum atomic E-state index is 12.2. The smallest absolute Gasteiger partial charge is 0.322 e. The van der Waals surface area contributed by atoms with E-state index in [0.29, 0.717) is 17.7 Å². The van der Waals surface area contributed by atoms with Crippen molar-refractivity contribution in [2.24, 2.45) is 17.8 Å². The first-order valence-corrected chi connectivity index (χ1v) is 7.35. The number of aromatic nitrogens is 2. The van der Waals surface area contributed by atoms with Gasteiger partial charge in [-0.05, 0) is 44.1 Å². The summed E-state index contributed by atoms with van der Waals surface area (Å²) in [6.07, 6.45) is 8.57. The number of fused-ring (bicyclic) bond motifs is 2. The fraction of sp³-hybridized carbons (Fsp3) is 0.643. The highest BCUT2D eigenvalue weighted by atomic mass is 16.4. The Kier molecular flexibility index (Phi) is 2.84. The summed E-state index contributed by atoms with van der Waals surface area (Å²) in [6.45, 7) is 0.978. The average molecular weight is 274 g/mol. The molecule has 1 saturated carbocycles. The van der Waals surface area contributed by atoms with Gasteiger partial charge in [-0.3, -0.25) is 10.1 Å². The van der Waals surface area contributed by atoms with Crippen molar-refractivity contribution in [2.45, 2.75) is 31.7 Å². The van der Waals surface area contributed by atoms with Gasteiger partial charge in [0.1, 0.15) is 0 Å². The lowest BCUT2D eigenvalue weighted by molar-refractivity contribution is -0.120. The van der Waals surface area contributed by atoms with Gasteiger partial charge >= 0.3 is 6.01 Å². The zero-order valence-electron chi connectivity index (χ0n) is 11.2. The number of carbonyl (C=O) groups excluding carboxylic acids is 1. The molecule has 2 aliphatic carbocycles. The van der Waals surface area contributed by atoms with Crippen LogP contribution in [0.5, 0.6) is 0 Å². The van der Waals surface area contributed by atoms with Gasteiger partial charge in [0.2, 0.25) is 11.8 Å². The Hall–Kier alpha value is -1.69. The quantitative estimate of drug-likeness (QED) is 0.819. The summed E-state index contributed by atoms with van der Waals surface area (Å²) in [5.41, 5.74) is 0. The lowest BCUT2D eigenvalue weighted by atomic mass is 9.93. The summed E-state index contributed by atoms with van der Waals surface area (Å²) >= 11 is 0. The first-order chi connectivity index (χ1) is 9.79. The monoisotopic (exact) mass is 274 g/mol. The van der Waals surface area contributed by atoms with Crippen LogP contribution in [0.3, 0.4) is 0 Å². The molecular formula is C14H18N4O2.